The monoisotopic (exact) mass is 426 g/mol. The Hall–Kier alpha value is -2.41. The zero-order chi connectivity index (χ0) is 22.0. The average Bonchev–Trinajstić information content (AvgIpc) is 3.15. The van der Waals surface area contributed by atoms with Gasteiger partial charge in [-0.05, 0) is 76.5 Å². The van der Waals surface area contributed by atoms with Crippen LogP contribution in [0.1, 0.15) is 69.0 Å². The van der Waals surface area contributed by atoms with Crippen LogP contribution in [0.15, 0.2) is 24.3 Å². The fourth-order valence-electron chi connectivity index (χ4n) is 5.35. The van der Waals surface area contributed by atoms with Gasteiger partial charge in [0.1, 0.15) is 12.1 Å². The summed E-state index contributed by atoms with van der Waals surface area (Å²) in [6.07, 6.45) is 6.93. The van der Waals surface area contributed by atoms with Gasteiger partial charge in [-0.3, -0.25) is 14.4 Å². The van der Waals surface area contributed by atoms with Crippen molar-refractivity contribution in [3.05, 3.63) is 35.4 Å². The number of aryl methyl sites for hydroxylation is 1. The lowest BCUT2D eigenvalue weighted by Crippen LogP contribution is -2.56. The Balaban J connectivity index is 1.47. The van der Waals surface area contributed by atoms with E-state index in [2.05, 4.69) is 28.1 Å². The fraction of sp³-hybridized carbons (Fsp3) is 0.625. The minimum Gasteiger partial charge on any atom is -0.347 e. The molecule has 0 bridgehead atoms. The molecule has 0 spiro atoms. The number of fused-ring (bicyclic) bond motifs is 2. The number of nitrogens with zero attached hydrogens (tertiary/aromatic N) is 1. The molecule has 5 atom stereocenters. The van der Waals surface area contributed by atoms with Gasteiger partial charge in [0.15, 0.2) is 0 Å². The summed E-state index contributed by atoms with van der Waals surface area (Å²) in [5, 5.41) is 9.06. The van der Waals surface area contributed by atoms with Crippen LogP contribution in [0.2, 0.25) is 0 Å². The smallest absolute Gasteiger partial charge is 0.246 e. The third-order valence-electron chi connectivity index (χ3n) is 7.22. The summed E-state index contributed by atoms with van der Waals surface area (Å²) in [5.74, 6) is -0.354. The molecule has 3 amide bonds. The Labute approximate surface area is 184 Å². The number of amides is 3. The van der Waals surface area contributed by atoms with Gasteiger partial charge in [-0.25, -0.2) is 0 Å². The second-order valence-corrected chi connectivity index (χ2v) is 9.15. The van der Waals surface area contributed by atoms with E-state index in [-0.39, 0.29) is 35.8 Å². The zero-order valence-electron chi connectivity index (χ0n) is 18.5. The Morgan fingerprint density at radius 2 is 1.77 bits per heavy atom. The van der Waals surface area contributed by atoms with Crippen LogP contribution in [0, 0.1) is 0 Å². The maximum absolute atomic E-state index is 13.4. The highest BCUT2D eigenvalue weighted by Crippen LogP contribution is 2.34. The van der Waals surface area contributed by atoms with E-state index in [1.54, 1.807) is 18.9 Å². The SMILES string of the molecule is CN[C@@H](C)C(=O)N[C@H]1CCC[C@H]2CC[C@@H](C(=O)N[C@@H]3CCCc4ccccc43)N2C1=O. The summed E-state index contributed by atoms with van der Waals surface area (Å²) in [5.41, 5.74) is 2.50. The summed E-state index contributed by atoms with van der Waals surface area (Å²) < 4.78 is 0. The molecule has 0 unspecified atom stereocenters. The van der Waals surface area contributed by atoms with Gasteiger partial charge in [-0.2, -0.15) is 0 Å². The number of carbonyl (C=O) groups is 3. The van der Waals surface area contributed by atoms with Gasteiger partial charge in [0.25, 0.3) is 0 Å². The zero-order valence-corrected chi connectivity index (χ0v) is 18.5. The Morgan fingerprint density at radius 1 is 1.00 bits per heavy atom. The molecule has 0 radical (unpaired) electrons. The lowest BCUT2D eigenvalue weighted by molar-refractivity contribution is -0.143. The number of likely N-dealkylation sites (N-methyl/N-ethyl adjacent to an activating group) is 1. The predicted molar refractivity (Wildman–Crippen MR) is 118 cm³/mol. The minimum atomic E-state index is -0.558. The maximum Gasteiger partial charge on any atom is 0.246 e. The van der Waals surface area contributed by atoms with Crippen LogP contribution >= 0.6 is 0 Å². The number of hydrogen-bond acceptors (Lipinski definition) is 4. The normalized spacial score (nSPS) is 28.8. The third-order valence-corrected chi connectivity index (χ3v) is 7.22. The van der Waals surface area contributed by atoms with Crippen molar-refractivity contribution >= 4 is 17.7 Å². The molecule has 2 heterocycles. The van der Waals surface area contributed by atoms with Crippen molar-refractivity contribution < 1.29 is 14.4 Å². The summed E-state index contributed by atoms with van der Waals surface area (Å²) in [4.78, 5) is 40.9. The van der Waals surface area contributed by atoms with Crippen molar-refractivity contribution in [3.63, 3.8) is 0 Å². The number of nitrogens with one attached hydrogen (secondary N) is 3. The highest BCUT2D eigenvalue weighted by atomic mass is 16.2. The predicted octanol–water partition coefficient (Wildman–Crippen LogP) is 1.82. The van der Waals surface area contributed by atoms with Crippen LogP contribution in [-0.4, -0.2) is 53.8 Å². The Kier molecular flexibility index (Phi) is 6.60. The van der Waals surface area contributed by atoms with E-state index in [9.17, 15) is 14.4 Å². The first-order valence-corrected chi connectivity index (χ1v) is 11.7. The molecule has 7 nitrogen and oxygen atoms in total. The first-order chi connectivity index (χ1) is 15.0. The van der Waals surface area contributed by atoms with Crippen LogP contribution in [0.25, 0.3) is 0 Å². The summed E-state index contributed by atoms with van der Waals surface area (Å²) in [6.45, 7) is 1.77. The standard InChI is InChI=1S/C24H34N4O3/c1-15(25-2)22(29)27-20-12-6-9-17-13-14-21(28(17)24(20)31)23(30)26-19-11-5-8-16-7-3-4-10-18(16)19/h3-4,7,10,15,17,19-21,25H,5-6,8-9,11-14H2,1-2H3,(H,26,30)(H,27,29)/t15-,17-,19+,20-,21-/m0/s1. The third kappa shape index (κ3) is 4.47. The second-order valence-electron chi connectivity index (χ2n) is 9.15. The lowest BCUT2D eigenvalue weighted by atomic mass is 9.87. The molecule has 4 rings (SSSR count). The van der Waals surface area contributed by atoms with E-state index in [0.717, 1.165) is 38.5 Å². The van der Waals surface area contributed by atoms with Crippen molar-refractivity contribution in [3.8, 4) is 0 Å². The number of carbonyl (C=O) groups excluding carboxylic acids is 3. The molecular formula is C24H34N4O3. The molecule has 1 aromatic carbocycles. The van der Waals surface area contributed by atoms with Gasteiger partial charge in [0.2, 0.25) is 17.7 Å². The second kappa shape index (κ2) is 9.39. The van der Waals surface area contributed by atoms with Crippen LogP contribution in [0.5, 0.6) is 0 Å². The van der Waals surface area contributed by atoms with Crippen molar-refractivity contribution in [2.75, 3.05) is 7.05 Å². The van der Waals surface area contributed by atoms with E-state index in [4.69, 9.17) is 0 Å². The minimum absolute atomic E-state index is 0.00515. The van der Waals surface area contributed by atoms with Gasteiger partial charge < -0.3 is 20.9 Å². The first-order valence-electron chi connectivity index (χ1n) is 11.7. The molecular weight excluding hydrogens is 392 g/mol. The van der Waals surface area contributed by atoms with Gasteiger partial charge in [0, 0.05) is 6.04 Å². The van der Waals surface area contributed by atoms with Crippen LogP contribution in [-0.2, 0) is 20.8 Å². The van der Waals surface area contributed by atoms with Crippen molar-refractivity contribution in [2.45, 2.75) is 88.5 Å². The van der Waals surface area contributed by atoms with Gasteiger partial charge >= 0.3 is 0 Å². The topological polar surface area (TPSA) is 90.5 Å². The molecule has 1 aromatic rings. The van der Waals surface area contributed by atoms with Crippen LogP contribution in [0.3, 0.4) is 0 Å². The van der Waals surface area contributed by atoms with Crippen molar-refractivity contribution in [1.82, 2.24) is 20.9 Å². The van der Waals surface area contributed by atoms with Crippen LogP contribution in [0.4, 0.5) is 0 Å². The van der Waals surface area contributed by atoms with E-state index in [1.807, 2.05) is 12.1 Å². The molecule has 2 saturated heterocycles. The molecule has 31 heavy (non-hydrogen) atoms. The first kappa shape index (κ1) is 21.8. The van der Waals surface area contributed by atoms with E-state index >= 15 is 0 Å². The molecule has 1 aliphatic carbocycles. The average molecular weight is 427 g/mol. The summed E-state index contributed by atoms with van der Waals surface area (Å²) in [6, 6.07) is 7.02. The number of benzene rings is 1. The van der Waals surface area contributed by atoms with Crippen molar-refractivity contribution in [2.24, 2.45) is 0 Å². The summed E-state index contributed by atoms with van der Waals surface area (Å²) in [7, 11) is 1.72. The number of rotatable bonds is 5. The number of hydrogen-bond donors (Lipinski definition) is 3. The molecule has 168 valence electrons. The molecule has 0 saturated carbocycles. The molecule has 0 aromatic heterocycles. The summed E-state index contributed by atoms with van der Waals surface area (Å²) >= 11 is 0. The largest absolute Gasteiger partial charge is 0.347 e. The molecule has 2 aliphatic heterocycles. The highest BCUT2D eigenvalue weighted by Gasteiger charge is 2.45. The molecule has 7 heteroatoms. The van der Waals surface area contributed by atoms with Crippen LogP contribution < -0.4 is 16.0 Å². The molecule has 2 fully saturated rings. The quantitative estimate of drug-likeness (QED) is 0.670. The fourth-order valence-corrected chi connectivity index (χ4v) is 5.35. The molecule has 3 aliphatic rings. The highest BCUT2D eigenvalue weighted by molar-refractivity contribution is 5.94. The van der Waals surface area contributed by atoms with E-state index in [0.29, 0.717) is 12.8 Å². The Bertz CT molecular complexity index is 842. The van der Waals surface area contributed by atoms with Gasteiger partial charge in [0.05, 0.1) is 12.1 Å². The van der Waals surface area contributed by atoms with Crippen molar-refractivity contribution in [1.29, 1.82) is 0 Å². The van der Waals surface area contributed by atoms with E-state index < -0.39 is 12.1 Å². The van der Waals surface area contributed by atoms with Gasteiger partial charge in [-0.1, -0.05) is 24.3 Å². The lowest BCUT2D eigenvalue weighted by Gasteiger charge is -2.33. The Morgan fingerprint density at radius 3 is 2.58 bits per heavy atom. The van der Waals surface area contributed by atoms with Gasteiger partial charge in [-0.15, -0.1) is 0 Å². The van der Waals surface area contributed by atoms with E-state index in [1.165, 1.54) is 11.1 Å². The maximum atomic E-state index is 13.4. The molecule has 3 N–H and O–H groups in total.